The number of allylic oxidation sites excluding steroid dienone is 1. The zero-order valence-corrected chi connectivity index (χ0v) is 17.2. The van der Waals surface area contributed by atoms with Gasteiger partial charge in [-0.2, -0.15) is 5.26 Å². The molecule has 0 bridgehead atoms. The molecule has 0 atom stereocenters. The number of ether oxygens (including phenoxy) is 4. The van der Waals surface area contributed by atoms with Crippen LogP contribution in [0, 0.1) is 17.1 Å². The van der Waals surface area contributed by atoms with Crippen LogP contribution in [0.25, 0.3) is 6.08 Å². The van der Waals surface area contributed by atoms with Crippen molar-refractivity contribution in [3.8, 4) is 29.1 Å². The van der Waals surface area contributed by atoms with Gasteiger partial charge in [-0.3, -0.25) is 0 Å². The predicted molar refractivity (Wildman–Crippen MR) is 105 cm³/mol. The van der Waals surface area contributed by atoms with E-state index < -0.39 is 26.3 Å². The standard InChI is InChI=1S/C20H20FNO6S/c1-25-14-8-19(27-3)16(20(9-14)28-4)10-15(11-22)29(23,24)12-13-5-6-18(26-2)17(21)7-13/h5-10H,12H2,1-4H3/b15-10-. The Bertz CT molecular complexity index is 1050. The third-order valence-electron chi connectivity index (χ3n) is 4.05. The minimum Gasteiger partial charge on any atom is -0.496 e. The van der Waals surface area contributed by atoms with Crippen LogP contribution < -0.4 is 18.9 Å². The molecule has 0 amide bonds. The molecule has 0 saturated heterocycles. The lowest BCUT2D eigenvalue weighted by Crippen LogP contribution is -2.07. The fourth-order valence-electron chi connectivity index (χ4n) is 2.59. The van der Waals surface area contributed by atoms with E-state index in [1.54, 1.807) is 6.07 Å². The Morgan fingerprint density at radius 1 is 1.00 bits per heavy atom. The number of nitriles is 1. The molecular weight excluding hydrogens is 401 g/mol. The monoisotopic (exact) mass is 421 g/mol. The summed E-state index contributed by atoms with van der Waals surface area (Å²) in [5.41, 5.74) is 0.440. The van der Waals surface area contributed by atoms with Crippen LogP contribution in [-0.4, -0.2) is 36.9 Å². The van der Waals surface area contributed by atoms with Crippen molar-refractivity contribution >= 4 is 15.9 Å². The van der Waals surface area contributed by atoms with Crippen molar-refractivity contribution in [1.29, 1.82) is 5.26 Å². The van der Waals surface area contributed by atoms with Crippen molar-refractivity contribution < 1.29 is 31.8 Å². The van der Waals surface area contributed by atoms with Gasteiger partial charge < -0.3 is 18.9 Å². The highest BCUT2D eigenvalue weighted by Gasteiger charge is 2.22. The SMILES string of the molecule is COc1cc(OC)c(/C=C(/C#N)S(=O)(=O)Cc2ccc(OC)c(F)c2)c(OC)c1. The summed E-state index contributed by atoms with van der Waals surface area (Å²) in [5.74, 6) is -0.296. The molecule has 0 heterocycles. The van der Waals surface area contributed by atoms with E-state index in [-0.39, 0.29) is 28.4 Å². The second kappa shape index (κ2) is 9.30. The van der Waals surface area contributed by atoms with Gasteiger partial charge in [-0.05, 0) is 23.8 Å². The number of rotatable bonds is 8. The Kier molecular flexibility index (Phi) is 7.07. The van der Waals surface area contributed by atoms with E-state index in [1.807, 2.05) is 0 Å². The molecule has 9 heteroatoms. The first-order chi connectivity index (χ1) is 13.8. The minimum absolute atomic E-state index is 0.00472. The summed E-state index contributed by atoms with van der Waals surface area (Å²) in [6, 6.07) is 8.56. The third-order valence-corrected chi connectivity index (χ3v) is 5.64. The Hall–Kier alpha value is -3.25. The summed E-state index contributed by atoms with van der Waals surface area (Å²) < 4.78 is 60.0. The first-order valence-corrected chi connectivity index (χ1v) is 9.91. The molecule has 0 fully saturated rings. The van der Waals surface area contributed by atoms with Crippen LogP contribution in [0.5, 0.6) is 23.0 Å². The summed E-state index contributed by atoms with van der Waals surface area (Å²) in [4.78, 5) is -0.518. The number of methoxy groups -OCH3 is 4. The predicted octanol–water partition coefficient (Wildman–Crippen LogP) is 3.34. The first kappa shape index (κ1) is 22.0. The van der Waals surface area contributed by atoms with Gasteiger partial charge in [0.15, 0.2) is 21.4 Å². The van der Waals surface area contributed by atoms with Gasteiger partial charge in [0.05, 0.1) is 39.8 Å². The van der Waals surface area contributed by atoms with Gasteiger partial charge in [0.1, 0.15) is 28.2 Å². The van der Waals surface area contributed by atoms with E-state index in [0.717, 1.165) is 12.1 Å². The van der Waals surface area contributed by atoms with Crippen LogP contribution in [0.1, 0.15) is 11.1 Å². The second-order valence-corrected chi connectivity index (χ2v) is 7.75. The van der Waals surface area contributed by atoms with Gasteiger partial charge in [-0.1, -0.05) is 6.07 Å². The third kappa shape index (κ3) is 4.97. The van der Waals surface area contributed by atoms with Gasteiger partial charge >= 0.3 is 0 Å². The quantitative estimate of drug-likeness (QED) is 0.603. The largest absolute Gasteiger partial charge is 0.496 e. The molecule has 0 spiro atoms. The fraction of sp³-hybridized carbons (Fsp3) is 0.250. The molecule has 0 N–H and O–H groups in total. The molecule has 154 valence electrons. The van der Waals surface area contributed by atoms with Crippen molar-refractivity contribution in [1.82, 2.24) is 0 Å². The van der Waals surface area contributed by atoms with E-state index in [1.165, 1.54) is 52.7 Å². The maximum Gasteiger partial charge on any atom is 0.192 e. The zero-order chi connectivity index (χ0) is 21.6. The zero-order valence-electron chi connectivity index (χ0n) is 16.4. The molecule has 0 radical (unpaired) electrons. The van der Waals surface area contributed by atoms with Crippen molar-refractivity contribution in [2.75, 3.05) is 28.4 Å². The van der Waals surface area contributed by atoms with E-state index in [2.05, 4.69) is 0 Å². The fourth-order valence-corrected chi connectivity index (χ4v) is 3.80. The van der Waals surface area contributed by atoms with Crippen LogP contribution >= 0.6 is 0 Å². The minimum atomic E-state index is -4.08. The highest BCUT2D eigenvalue weighted by Crippen LogP contribution is 2.36. The number of hydrogen-bond donors (Lipinski definition) is 0. The van der Waals surface area contributed by atoms with Gasteiger partial charge in [0.25, 0.3) is 0 Å². The van der Waals surface area contributed by atoms with Crippen LogP contribution in [0.2, 0.25) is 0 Å². The lowest BCUT2D eigenvalue weighted by atomic mass is 10.1. The molecule has 0 aliphatic rings. The molecule has 7 nitrogen and oxygen atoms in total. The van der Waals surface area contributed by atoms with Crippen molar-refractivity contribution in [3.63, 3.8) is 0 Å². The molecule has 2 aromatic rings. The second-order valence-electron chi connectivity index (χ2n) is 5.79. The molecule has 0 unspecified atom stereocenters. The first-order valence-electron chi connectivity index (χ1n) is 8.26. The number of nitrogens with zero attached hydrogens (tertiary/aromatic N) is 1. The molecule has 2 aromatic carbocycles. The van der Waals surface area contributed by atoms with Crippen LogP contribution in [0.15, 0.2) is 35.2 Å². The molecular formula is C20H20FNO6S. The number of hydrogen-bond acceptors (Lipinski definition) is 7. The van der Waals surface area contributed by atoms with Gasteiger partial charge in [-0.15, -0.1) is 0 Å². The Morgan fingerprint density at radius 3 is 2.03 bits per heavy atom. The summed E-state index contributed by atoms with van der Waals surface area (Å²) in [5, 5.41) is 9.47. The van der Waals surface area contributed by atoms with Crippen LogP contribution in [0.3, 0.4) is 0 Å². The van der Waals surface area contributed by atoms with Gasteiger partial charge in [0.2, 0.25) is 0 Å². The van der Waals surface area contributed by atoms with E-state index in [0.29, 0.717) is 5.75 Å². The summed E-state index contributed by atoms with van der Waals surface area (Å²) in [6.07, 6.45) is 1.16. The lowest BCUT2D eigenvalue weighted by molar-refractivity contribution is 0.374. The smallest absolute Gasteiger partial charge is 0.192 e. The van der Waals surface area contributed by atoms with E-state index >= 15 is 0 Å². The van der Waals surface area contributed by atoms with Crippen LogP contribution in [-0.2, 0) is 15.6 Å². The summed E-state index contributed by atoms with van der Waals surface area (Å²) >= 11 is 0. The average molecular weight is 421 g/mol. The van der Waals surface area contributed by atoms with Gasteiger partial charge in [-0.25, -0.2) is 12.8 Å². The number of sulfone groups is 1. The molecule has 0 aliphatic carbocycles. The Morgan fingerprint density at radius 2 is 1.59 bits per heavy atom. The van der Waals surface area contributed by atoms with E-state index in [9.17, 15) is 18.1 Å². The van der Waals surface area contributed by atoms with Crippen molar-refractivity contribution in [2.24, 2.45) is 0 Å². The lowest BCUT2D eigenvalue weighted by Gasteiger charge is -2.13. The van der Waals surface area contributed by atoms with Crippen molar-refractivity contribution in [3.05, 3.63) is 52.2 Å². The maximum atomic E-state index is 13.9. The normalized spacial score (nSPS) is 11.5. The topological polar surface area (TPSA) is 94.9 Å². The Balaban J connectivity index is 2.51. The highest BCUT2D eigenvalue weighted by molar-refractivity contribution is 7.95. The number of halogens is 1. The molecule has 29 heavy (non-hydrogen) atoms. The summed E-state index contributed by atoms with van der Waals surface area (Å²) in [6.45, 7) is 0. The van der Waals surface area contributed by atoms with Gasteiger partial charge in [0, 0.05) is 12.1 Å². The van der Waals surface area contributed by atoms with E-state index in [4.69, 9.17) is 18.9 Å². The maximum absolute atomic E-state index is 13.9. The molecule has 0 aromatic heterocycles. The average Bonchev–Trinajstić information content (AvgIpc) is 2.71. The van der Waals surface area contributed by atoms with Crippen molar-refractivity contribution in [2.45, 2.75) is 5.75 Å². The number of benzene rings is 2. The molecule has 0 saturated carbocycles. The molecule has 2 rings (SSSR count). The van der Waals surface area contributed by atoms with Crippen LogP contribution in [0.4, 0.5) is 4.39 Å². The highest BCUT2D eigenvalue weighted by atomic mass is 32.2. The Labute approximate surface area is 168 Å². The summed E-state index contributed by atoms with van der Waals surface area (Å²) in [7, 11) is 1.48. The molecule has 0 aliphatic heterocycles.